The van der Waals surface area contributed by atoms with Crippen LogP contribution >= 0.6 is 0 Å². The first-order valence-corrected chi connectivity index (χ1v) is 6.72. The Balaban J connectivity index is 2.65. The molecule has 0 aliphatic heterocycles. The van der Waals surface area contributed by atoms with Gasteiger partial charge in [0.2, 0.25) is 5.95 Å². The summed E-state index contributed by atoms with van der Waals surface area (Å²) in [4.78, 5) is 14.2. The molecule has 0 saturated carbocycles. The van der Waals surface area contributed by atoms with Gasteiger partial charge in [-0.1, -0.05) is 0 Å². The van der Waals surface area contributed by atoms with Gasteiger partial charge in [0, 0.05) is 0 Å². The zero-order valence-electron chi connectivity index (χ0n) is 12.3. The van der Waals surface area contributed by atoms with E-state index in [0.717, 1.165) is 4.52 Å². The summed E-state index contributed by atoms with van der Waals surface area (Å²) < 4.78 is 6.69. The van der Waals surface area contributed by atoms with Crippen molar-refractivity contribution in [3.63, 3.8) is 0 Å². The van der Waals surface area contributed by atoms with E-state index in [1.807, 2.05) is 0 Å². The van der Waals surface area contributed by atoms with E-state index in [-0.39, 0.29) is 17.2 Å². The molecule has 2 aromatic heterocycles. The SMILES string of the molecule is C[C@](OC(CO)CO)(c1ccc2c(=O)[nH]c(N)nn12)[C@@H](O)C#N. The Morgan fingerprint density at radius 3 is 2.74 bits per heavy atom. The van der Waals surface area contributed by atoms with Crippen LogP contribution in [0.4, 0.5) is 5.95 Å². The van der Waals surface area contributed by atoms with Crippen molar-refractivity contribution in [2.24, 2.45) is 0 Å². The molecular weight excluding hydrogens is 306 g/mol. The highest BCUT2D eigenvalue weighted by Gasteiger charge is 2.41. The molecule has 0 radical (unpaired) electrons. The summed E-state index contributed by atoms with van der Waals surface area (Å²) in [5.74, 6) is -0.158. The largest absolute Gasteiger partial charge is 0.394 e. The average Bonchev–Trinajstić information content (AvgIpc) is 2.96. The quantitative estimate of drug-likeness (QED) is 0.383. The minimum Gasteiger partial charge on any atom is -0.394 e. The van der Waals surface area contributed by atoms with Crippen LogP contribution in [0.25, 0.3) is 5.52 Å². The van der Waals surface area contributed by atoms with Crippen LogP contribution in [0, 0.1) is 11.3 Å². The van der Waals surface area contributed by atoms with E-state index in [1.54, 1.807) is 6.07 Å². The number of H-pyrrole nitrogens is 1. The zero-order valence-corrected chi connectivity index (χ0v) is 12.3. The van der Waals surface area contributed by atoms with Gasteiger partial charge in [0.15, 0.2) is 6.10 Å². The van der Waals surface area contributed by atoms with Gasteiger partial charge in [-0.2, -0.15) is 5.26 Å². The van der Waals surface area contributed by atoms with E-state index in [4.69, 9.17) is 15.7 Å². The van der Waals surface area contributed by atoms with Gasteiger partial charge in [-0.25, -0.2) is 4.52 Å². The number of ether oxygens (including phenoxy) is 1. The van der Waals surface area contributed by atoms with Crippen molar-refractivity contribution in [3.8, 4) is 6.07 Å². The number of aliphatic hydroxyl groups is 3. The monoisotopic (exact) mass is 323 g/mol. The summed E-state index contributed by atoms with van der Waals surface area (Å²) in [6.07, 6.45) is -2.68. The fourth-order valence-corrected chi connectivity index (χ4v) is 2.26. The number of anilines is 1. The molecule has 0 fully saturated rings. The molecule has 0 spiro atoms. The average molecular weight is 323 g/mol. The van der Waals surface area contributed by atoms with Gasteiger partial charge >= 0.3 is 0 Å². The van der Waals surface area contributed by atoms with Crippen molar-refractivity contribution >= 4 is 11.5 Å². The van der Waals surface area contributed by atoms with Crippen LogP contribution in [0.1, 0.15) is 12.6 Å². The highest BCUT2D eigenvalue weighted by Crippen LogP contribution is 2.31. The summed E-state index contributed by atoms with van der Waals surface area (Å²) in [7, 11) is 0. The molecule has 10 nitrogen and oxygen atoms in total. The summed E-state index contributed by atoms with van der Waals surface area (Å²) in [5.41, 5.74) is 3.67. The fraction of sp³-hybridized carbons (Fsp3) is 0.462. The second-order valence-corrected chi connectivity index (χ2v) is 5.10. The Morgan fingerprint density at radius 2 is 2.17 bits per heavy atom. The molecule has 6 N–H and O–H groups in total. The summed E-state index contributed by atoms with van der Waals surface area (Å²) in [6.45, 7) is 0.341. The van der Waals surface area contributed by atoms with Crippen LogP contribution in [0.15, 0.2) is 16.9 Å². The molecule has 0 saturated heterocycles. The number of nitrogen functional groups attached to an aromatic ring is 1. The van der Waals surface area contributed by atoms with Gasteiger partial charge in [-0.15, -0.1) is 5.10 Å². The molecule has 0 bridgehead atoms. The number of hydrogen-bond acceptors (Lipinski definition) is 8. The van der Waals surface area contributed by atoms with Gasteiger partial charge in [-0.3, -0.25) is 9.78 Å². The van der Waals surface area contributed by atoms with Gasteiger partial charge < -0.3 is 25.8 Å². The molecule has 2 atom stereocenters. The Bertz CT molecular complexity index is 790. The number of aliphatic hydroxyl groups excluding tert-OH is 3. The van der Waals surface area contributed by atoms with Crippen LogP contribution in [0.2, 0.25) is 0 Å². The number of aromatic amines is 1. The predicted octanol–water partition coefficient (Wildman–Crippen LogP) is -1.93. The number of aromatic nitrogens is 3. The number of rotatable bonds is 6. The van der Waals surface area contributed by atoms with Crippen LogP contribution in [0.5, 0.6) is 0 Å². The molecule has 0 aromatic carbocycles. The Labute approximate surface area is 130 Å². The molecule has 0 amide bonds. The maximum Gasteiger partial charge on any atom is 0.276 e. The predicted molar refractivity (Wildman–Crippen MR) is 78.2 cm³/mol. The molecule has 2 heterocycles. The maximum absolute atomic E-state index is 11.9. The lowest BCUT2D eigenvalue weighted by Gasteiger charge is -2.33. The lowest BCUT2D eigenvalue weighted by atomic mass is 9.95. The second kappa shape index (κ2) is 6.35. The van der Waals surface area contributed by atoms with E-state index in [9.17, 15) is 20.1 Å². The second-order valence-electron chi connectivity index (χ2n) is 5.10. The van der Waals surface area contributed by atoms with Gasteiger partial charge in [0.25, 0.3) is 5.56 Å². The number of nitrogens with one attached hydrogen (secondary N) is 1. The first-order chi connectivity index (χ1) is 10.9. The molecular formula is C13H17N5O5. The lowest BCUT2D eigenvalue weighted by molar-refractivity contribution is -0.160. The van der Waals surface area contributed by atoms with Crippen molar-refractivity contribution in [2.75, 3.05) is 18.9 Å². The van der Waals surface area contributed by atoms with E-state index < -0.39 is 36.6 Å². The van der Waals surface area contributed by atoms with Crippen LogP contribution in [-0.2, 0) is 10.3 Å². The van der Waals surface area contributed by atoms with Crippen molar-refractivity contribution < 1.29 is 20.1 Å². The van der Waals surface area contributed by atoms with Crippen LogP contribution in [-0.4, -0.2) is 55.3 Å². The third-order valence-corrected chi connectivity index (χ3v) is 3.51. The van der Waals surface area contributed by atoms with Gasteiger partial charge in [0.1, 0.15) is 17.2 Å². The standard InChI is InChI=1S/C13H17N5O5/c1-13(10(21)4-14,23-7(5-19)6-20)9-3-2-8-11(22)16-12(15)17-18(8)9/h2-3,7,10,19-21H,5-6H2,1H3,(H3,15,16,17,22)/t10-,13-/m0/s1. The fourth-order valence-electron chi connectivity index (χ4n) is 2.26. The van der Waals surface area contributed by atoms with Gasteiger partial charge in [-0.05, 0) is 19.1 Å². The molecule has 0 aliphatic carbocycles. The number of nitrogens with two attached hydrogens (primary N) is 1. The Morgan fingerprint density at radius 1 is 1.52 bits per heavy atom. The smallest absolute Gasteiger partial charge is 0.276 e. The third-order valence-electron chi connectivity index (χ3n) is 3.51. The Hall–Kier alpha value is -2.45. The molecule has 0 unspecified atom stereocenters. The molecule has 23 heavy (non-hydrogen) atoms. The summed E-state index contributed by atoms with van der Waals surface area (Å²) in [5, 5.41) is 41.5. The van der Waals surface area contributed by atoms with Crippen molar-refractivity contribution in [3.05, 3.63) is 28.2 Å². The van der Waals surface area contributed by atoms with E-state index >= 15 is 0 Å². The Kier molecular flexibility index (Phi) is 4.67. The minimum absolute atomic E-state index is 0.138. The maximum atomic E-state index is 11.9. The lowest BCUT2D eigenvalue weighted by Crippen LogP contribution is -2.44. The minimum atomic E-state index is -1.66. The molecule has 0 aliphatic rings. The molecule has 124 valence electrons. The van der Waals surface area contributed by atoms with Crippen LogP contribution < -0.4 is 11.3 Å². The van der Waals surface area contributed by atoms with Crippen molar-refractivity contribution in [1.82, 2.24) is 14.6 Å². The van der Waals surface area contributed by atoms with Gasteiger partial charge in [0.05, 0.1) is 25.0 Å². The summed E-state index contributed by atoms with van der Waals surface area (Å²) >= 11 is 0. The van der Waals surface area contributed by atoms with E-state index in [1.165, 1.54) is 19.1 Å². The normalized spacial score (nSPS) is 15.5. The molecule has 10 heteroatoms. The first kappa shape index (κ1) is 16.9. The van der Waals surface area contributed by atoms with Crippen molar-refractivity contribution in [2.45, 2.75) is 24.7 Å². The zero-order chi connectivity index (χ0) is 17.2. The highest BCUT2D eigenvalue weighted by molar-refractivity contribution is 5.49. The van der Waals surface area contributed by atoms with E-state index in [2.05, 4.69) is 10.1 Å². The number of nitriles is 1. The first-order valence-electron chi connectivity index (χ1n) is 6.72. The number of nitrogens with zero attached hydrogens (tertiary/aromatic N) is 3. The van der Waals surface area contributed by atoms with Crippen molar-refractivity contribution in [1.29, 1.82) is 5.26 Å². The van der Waals surface area contributed by atoms with E-state index in [0.29, 0.717) is 0 Å². The summed E-state index contributed by atoms with van der Waals surface area (Å²) in [6, 6.07) is 4.53. The third kappa shape index (κ3) is 2.90. The number of fused-ring (bicyclic) bond motifs is 1. The molecule has 2 aromatic rings. The van der Waals surface area contributed by atoms with Crippen LogP contribution in [0.3, 0.4) is 0 Å². The highest BCUT2D eigenvalue weighted by atomic mass is 16.5. The molecule has 2 rings (SSSR count). The number of hydrogen-bond donors (Lipinski definition) is 5. The topological polar surface area (TPSA) is 170 Å².